The van der Waals surface area contributed by atoms with Crippen LogP contribution in [0, 0.1) is 0 Å². The lowest BCUT2D eigenvalue weighted by molar-refractivity contribution is 0.241. The first-order chi connectivity index (χ1) is 15.4. The fourth-order valence-corrected chi connectivity index (χ4v) is 4.62. The van der Waals surface area contributed by atoms with Crippen molar-refractivity contribution in [2.45, 2.75) is 45.7 Å². The minimum Gasteiger partial charge on any atom is -0.506 e. The van der Waals surface area contributed by atoms with E-state index in [4.69, 9.17) is 25.5 Å². The number of phenolic OH excluding ortho intramolecular Hbond substituents is 1. The van der Waals surface area contributed by atoms with Gasteiger partial charge < -0.3 is 19.0 Å². The summed E-state index contributed by atoms with van der Waals surface area (Å²) in [5.41, 5.74) is 3.82. The van der Waals surface area contributed by atoms with Gasteiger partial charge in [-0.05, 0) is 54.2 Å². The van der Waals surface area contributed by atoms with Crippen molar-refractivity contribution in [3.63, 3.8) is 0 Å². The van der Waals surface area contributed by atoms with Gasteiger partial charge in [-0.25, -0.2) is 4.79 Å². The predicted molar refractivity (Wildman–Crippen MR) is 125 cm³/mol. The van der Waals surface area contributed by atoms with Crippen molar-refractivity contribution in [1.82, 2.24) is 4.90 Å². The van der Waals surface area contributed by atoms with Crippen molar-refractivity contribution in [3.8, 4) is 17.2 Å². The van der Waals surface area contributed by atoms with E-state index >= 15 is 0 Å². The maximum absolute atomic E-state index is 12.3. The van der Waals surface area contributed by atoms with Gasteiger partial charge in [0.15, 0.2) is 11.5 Å². The summed E-state index contributed by atoms with van der Waals surface area (Å²) in [4.78, 5) is 14.5. The average Bonchev–Trinajstić information content (AvgIpc) is 2.80. The minimum absolute atomic E-state index is 0.0342. The van der Waals surface area contributed by atoms with Crippen LogP contribution in [0.2, 0.25) is 5.02 Å². The van der Waals surface area contributed by atoms with E-state index < -0.39 is 5.63 Å². The van der Waals surface area contributed by atoms with Crippen LogP contribution < -0.4 is 15.1 Å². The Bertz CT molecular complexity index is 1200. The highest BCUT2D eigenvalue weighted by Gasteiger charge is 2.23. The Morgan fingerprint density at radius 3 is 2.53 bits per heavy atom. The number of aryl methyl sites for hydroxylation is 1. The molecule has 0 fully saturated rings. The SMILES string of the molecule is CCCCc1cc(=O)oc2c(CN3CCc4cc(OC)c(OC)cc4C3)c(O)c(Cl)cc12. The molecule has 1 aliphatic rings. The Labute approximate surface area is 192 Å². The zero-order valence-electron chi connectivity index (χ0n) is 18.7. The van der Waals surface area contributed by atoms with Gasteiger partial charge in [-0.1, -0.05) is 24.9 Å². The largest absolute Gasteiger partial charge is 0.506 e. The molecule has 2 aromatic carbocycles. The van der Waals surface area contributed by atoms with Crippen LogP contribution in [0.1, 0.15) is 42.0 Å². The van der Waals surface area contributed by atoms with E-state index in [2.05, 4.69) is 11.8 Å². The van der Waals surface area contributed by atoms with Gasteiger partial charge >= 0.3 is 5.63 Å². The number of nitrogens with zero attached hydrogens (tertiary/aromatic N) is 1. The van der Waals surface area contributed by atoms with E-state index in [9.17, 15) is 9.90 Å². The molecule has 0 radical (unpaired) electrons. The first-order valence-corrected chi connectivity index (χ1v) is 11.3. The summed E-state index contributed by atoms with van der Waals surface area (Å²) in [6, 6.07) is 7.26. The van der Waals surface area contributed by atoms with E-state index in [-0.39, 0.29) is 10.8 Å². The minimum atomic E-state index is -0.410. The second-order valence-electron chi connectivity index (χ2n) is 8.19. The lowest BCUT2D eigenvalue weighted by Crippen LogP contribution is -2.30. The number of methoxy groups -OCH3 is 2. The van der Waals surface area contributed by atoms with Crippen LogP contribution in [-0.4, -0.2) is 30.8 Å². The third-order valence-electron chi connectivity index (χ3n) is 6.12. The number of unbranched alkanes of at least 4 members (excludes halogenated alkanes) is 1. The molecule has 7 heteroatoms. The molecule has 1 aromatic heterocycles. The molecule has 1 N–H and O–H groups in total. The molecule has 32 heavy (non-hydrogen) atoms. The third kappa shape index (κ3) is 4.30. The van der Waals surface area contributed by atoms with E-state index in [0.717, 1.165) is 54.5 Å². The van der Waals surface area contributed by atoms with Crippen molar-refractivity contribution >= 4 is 22.6 Å². The van der Waals surface area contributed by atoms with Gasteiger partial charge in [0.25, 0.3) is 0 Å². The molecule has 0 aliphatic carbocycles. The van der Waals surface area contributed by atoms with Crippen LogP contribution >= 0.6 is 11.6 Å². The summed E-state index contributed by atoms with van der Waals surface area (Å²) in [5, 5.41) is 11.8. The van der Waals surface area contributed by atoms with Crippen molar-refractivity contribution in [2.75, 3.05) is 20.8 Å². The summed E-state index contributed by atoms with van der Waals surface area (Å²) in [6.07, 6.45) is 3.57. The van der Waals surface area contributed by atoms with Gasteiger partial charge in [0, 0.05) is 31.1 Å². The monoisotopic (exact) mass is 457 g/mol. The number of phenols is 1. The number of ether oxygens (including phenoxy) is 2. The Balaban J connectivity index is 1.71. The zero-order valence-corrected chi connectivity index (χ0v) is 19.4. The van der Waals surface area contributed by atoms with E-state index in [1.807, 2.05) is 12.1 Å². The van der Waals surface area contributed by atoms with E-state index in [0.29, 0.717) is 30.0 Å². The van der Waals surface area contributed by atoms with Crippen LogP contribution in [0.3, 0.4) is 0 Å². The maximum atomic E-state index is 12.3. The number of fused-ring (bicyclic) bond motifs is 2. The fraction of sp³-hybridized carbons (Fsp3) is 0.400. The highest BCUT2D eigenvalue weighted by Crippen LogP contribution is 2.38. The second kappa shape index (κ2) is 9.43. The lowest BCUT2D eigenvalue weighted by Gasteiger charge is -2.30. The Kier molecular flexibility index (Phi) is 6.63. The molecule has 0 bridgehead atoms. The van der Waals surface area contributed by atoms with Crippen molar-refractivity contribution in [3.05, 3.63) is 62.0 Å². The van der Waals surface area contributed by atoms with Crippen LogP contribution in [-0.2, 0) is 25.9 Å². The molecule has 6 nitrogen and oxygen atoms in total. The maximum Gasteiger partial charge on any atom is 0.336 e. The Morgan fingerprint density at radius 1 is 1.12 bits per heavy atom. The lowest BCUT2D eigenvalue weighted by atomic mass is 9.97. The molecule has 2 heterocycles. The van der Waals surface area contributed by atoms with Crippen molar-refractivity contribution < 1.29 is 19.0 Å². The second-order valence-corrected chi connectivity index (χ2v) is 8.60. The fourth-order valence-electron chi connectivity index (χ4n) is 4.40. The number of rotatable bonds is 7. The van der Waals surface area contributed by atoms with Crippen LogP contribution in [0.5, 0.6) is 17.2 Å². The van der Waals surface area contributed by atoms with Crippen molar-refractivity contribution in [1.29, 1.82) is 0 Å². The Hall–Kier alpha value is -2.70. The highest BCUT2D eigenvalue weighted by molar-refractivity contribution is 6.33. The third-order valence-corrected chi connectivity index (χ3v) is 6.41. The van der Waals surface area contributed by atoms with Gasteiger partial charge in [-0.15, -0.1) is 0 Å². The molecule has 0 saturated carbocycles. The zero-order chi connectivity index (χ0) is 22.8. The number of hydrogen-bond acceptors (Lipinski definition) is 6. The molecular weight excluding hydrogens is 430 g/mol. The van der Waals surface area contributed by atoms with Gasteiger partial charge in [0.2, 0.25) is 0 Å². The van der Waals surface area contributed by atoms with Gasteiger partial charge in [-0.2, -0.15) is 0 Å². The first-order valence-electron chi connectivity index (χ1n) is 10.9. The van der Waals surface area contributed by atoms with Crippen LogP contribution in [0.25, 0.3) is 11.0 Å². The number of halogens is 1. The quantitative estimate of drug-likeness (QED) is 0.499. The Morgan fingerprint density at radius 2 is 1.84 bits per heavy atom. The van der Waals surface area contributed by atoms with Gasteiger partial charge in [-0.3, -0.25) is 4.90 Å². The summed E-state index contributed by atoms with van der Waals surface area (Å²) >= 11 is 6.39. The van der Waals surface area contributed by atoms with Crippen LogP contribution in [0.15, 0.2) is 33.5 Å². The van der Waals surface area contributed by atoms with Crippen LogP contribution in [0.4, 0.5) is 0 Å². The predicted octanol–water partition coefficient (Wildman–Crippen LogP) is 5.07. The number of hydrogen-bond donors (Lipinski definition) is 1. The standard InChI is InChI=1S/C25H28ClNO5/c1-4-5-6-16-11-23(28)32-25-18(16)12-20(26)24(29)19(25)14-27-8-7-15-9-21(30-2)22(31-3)10-17(15)13-27/h9-12,29H,4-8,13-14H2,1-3H3. The number of aromatic hydroxyl groups is 1. The molecule has 0 spiro atoms. The van der Waals surface area contributed by atoms with Gasteiger partial charge in [0.05, 0.1) is 24.8 Å². The van der Waals surface area contributed by atoms with E-state index in [1.165, 1.54) is 11.6 Å². The smallest absolute Gasteiger partial charge is 0.336 e. The first kappa shape index (κ1) is 22.5. The molecule has 0 atom stereocenters. The number of benzene rings is 2. The molecular formula is C25H28ClNO5. The normalized spacial score (nSPS) is 13.9. The summed E-state index contributed by atoms with van der Waals surface area (Å²) < 4.78 is 16.5. The molecule has 0 unspecified atom stereocenters. The highest BCUT2D eigenvalue weighted by atomic mass is 35.5. The molecule has 0 amide bonds. The van der Waals surface area contributed by atoms with Crippen molar-refractivity contribution in [2.24, 2.45) is 0 Å². The topological polar surface area (TPSA) is 72.1 Å². The molecule has 3 aromatic rings. The molecule has 170 valence electrons. The molecule has 1 aliphatic heterocycles. The molecule has 4 rings (SSSR count). The average molecular weight is 458 g/mol. The summed E-state index contributed by atoms with van der Waals surface area (Å²) in [5.74, 6) is 1.38. The summed E-state index contributed by atoms with van der Waals surface area (Å²) in [7, 11) is 3.26. The van der Waals surface area contributed by atoms with E-state index in [1.54, 1.807) is 20.3 Å². The molecule has 0 saturated heterocycles. The van der Waals surface area contributed by atoms with Gasteiger partial charge in [0.1, 0.15) is 11.3 Å². The summed E-state index contributed by atoms with van der Waals surface area (Å²) in [6.45, 7) is 3.98.